The molecule has 2 aliphatic rings. The summed E-state index contributed by atoms with van der Waals surface area (Å²) in [5, 5.41) is 28.4. The number of carbonyl (C=O) groups excluding carboxylic acids is 1. The number of anilines is 2. The maximum absolute atomic E-state index is 12.9. The maximum Gasteiger partial charge on any atom is 0.240 e. The number of hydrogen-bond acceptors (Lipinski definition) is 11. The van der Waals surface area contributed by atoms with Crippen LogP contribution in [0.1, 0.15) is 69.4 Å². The molecule has 1 saturated heterocycles. The standard InChI is InChI=1S/C31H48N8O5S/c1-2-3-14-34-31-35-22-27(30(38-31)37-24-7-9-25(40)10-8-24)29(32)23-5-11-26(12-6-23)45(42,43)36-16-13-28(41)33-15-4-17-39-18-20-44-21-19-39/h5-6,11-12,22,24-25,32,36,40H,2-4,7-10,13-21H2,1H3,(H,33,41)(H2,34,35,37,38). The molecule has 1 saturated carbocycles. The highest BCUT2D eigenvalue weighted by molar-refractivity contribution is 7.89. The van der Waals surface area contributed by atoms with E-state index < -0.39 is 10.0 Å². The number of rotatable bonds is 17. The molecule has 6 N–H and O–H groups in total. The molecule has 45 heavy (non-hydrogen) atoms. The van der Waals surface area contributed by atoms with E-state index in [4.69, 9.17) is 10.1 Å². The molecule has 0 bridgehead atoms. The van der Waals surface area contributed by atoms with Crippen molar-refractivity contribution in [3.05, 3.63) is 41.6 Å². The van der Waals surface area contributed by atoms with Crippen molar-refractivity contribution in [3.63, 3.8) is 0 Å². The Kier molecular flexibility index (Phi) is 13.5. The van der Waals surface area contributed by atoms with E-state index >= 15 is 0 Å². The van der Waals surface area contributed by atoms with Crippen LogP contribution in [-0.2, 0) is 19.6 Å². The van der Waals surface area contributed by atoms with Crippen molar-refractivity contribution in [1.29, 1.82) is 5.41 Å². The van der Waals surface area contributed by atoms with Crippen LogP contribution in [0.2, 0.25) is 0 Å². The summed E-state index contributed by atoms with van der Waals surface area (Å²) in [4.78, 5) is 23.6. The second-order valence-electron chi connectivity index (χ2n) is 11.6. The minimum atomic E-state index is -3.84. The molecular formula is C31H48N8O5S. The zero-order valence-electron chi connectivity index (χ0n) is 26.2. The van der Waals surface area contributed by atoms with E-state index in [1.54, 1.807) is 18.3 Å². The molecule has 248 valence electrons. The molecule has 1 amide bonds. The second-order valence-corrected chi connectivity index (χ2v) is 13.4. The third-order valence-corrected chi connectivity index (χ3v) is 9.56. The van der Waals surface area contributed by atoms with Crippen LogP contribution < -0.4 is 20.7 Å². The van der Waals surface area contributed by atoms with Crippen LogP contribution in [-0.4, -0.2) is 105 Å². The molecular weight excluding hydrogens is 596 g/mol. The lowest BCUT2D eigenvalue weighted by Gasteiger charge is -2.27. The Morgan fingerprint density at radius 3 is 2.51 bits per heavy atom. The summed E-state index contributed by atoms with van der Waals surface area (Å²) in [6.45, 7) is 7.56. The fraction of sp³-hybridized carbons (Fsp3) is 0.613. The quantitative estimate of drug-likeness (QED) is 0.110. The number of aliphatic hydroxyl groups is 1. The first-order valence-corrected chi connectivity index (χ1v) is 17.5. The van der Waals surface area contributed by atoms with Gasteiger partial charge in [-0.1, -0.05) is 25.5 Å². The number of carbonyl (C=O) groups is 1. The summed E-state index contributed by atoms with van der Waals surface area (Å²) in [7, 11) is -3.84. The zero-order chi connectivity index (χ0) is 32.1. The number of aromatic nitrogens is 2. The van der Waals surface area contributed by atoms with E-state index in [1.807, 2.05) is 0 Å². The van der Waals surface area contributed by atoms with Crippen molar-refractivity contribution >= 4 is 33.4 Å². The fourth-order valence-corrected chi connectivity index (χ4v) is 6.36. The predicted octanol–water partition coefficient (Wildman–Crippen LogP) is 2.33. The van der Waals surface area contributed by atoms with Crippen LogP contribution in [0.3, 0.4) is 0 Å². The number of hydrogen-bond donors (Lipinski definition) is 6. The number of ether oxygens (including phenoxy) is 1. The molecule has 1 aliphatic carbocycles. The molecule has 0 spiro atoms. The molecule has 0 unspecified atom stereocenters. The summed E-state index contributed by atoms with van der Waals surface area (Å²) < 4.78 is 33.6. The first kappa shape index (κ1) is 34.7. The van der Waals surface area contributed by atoms with Gasteiger partial charge in [0.15, 0.2) is 0 Å². The average molecular weight is 645 g/mol. The predicted molar refractivity (Wildman–Crippen MR) is 174 cm³/mol. The highest BCUT2D eigenvalue weighted by atomic mass is 32.2. The molecule has 1 aliphatic heterocycles. The van der Waals surface area contributed by atoms with Crippen LogP contribution in [0.25, 0.3) is 0 Å². The Hall–Kier alpha value is -3.17. The lowest BCUT2D eigenvalue weighted by Crippen LogP contribution is -2.38. The van der Waals surface area contributed by atoms with E-state index in [1.165, 1.54) is 12.1 Å². The van der Waals surface area contributed by atoms with Crippen LogP contribution in [0.15, 0.2) is 35.4 Å². The molecule has 1 aromatic carbocycles. The summed E-state index contributed by atoms with van der Waals surface area (Å²) >= 11 is 0. The van der Waals surface area contributed by atoms with Crippen molar-refractivity contribution in [3.8, 4) is 0 Å². The molecule has 0 atom stereocenters. The monoisotopic (exact) mass is 644 g/mol. The molecule has 2 fully saturated rings. The first-order chi connectivity index (χ1) is 21.7. The van der Waals surface area contributed by atoms with Crippen molar-refractivity contribution in [2.24, 2.45) is 0 Å². The normalized spacial score (nSPS) is 19.2. The Labute approximate surface area is 266 Å². The van der Waals surface area contributed by atoms with Gasteiger partial charge in [0.05, 0.1) is 35.5 Å². The molecule has 4 rings (SSSR count). The smallest absolute Gasteiger partial charge is 0.240 e. The highest BCUT2D eigenvalue weighted by Crippen LogP contribution is 2.25. The van der Waals surface area contributed by atoms with Gasteiger partial charge >= 0.3 is 0 Å². The van der Waals surface area contributed by atoms with Gasteiger partial charge < -0.3 is 25.8 Å². The van der Waals surface area contributed by atoms with Gasteiger partial charge in [-0.15, -0.1) is 0 Å². The third kappa shape index (κ3) is 11.0. The fourth-order valence-electron chi connectivity index (χ4n) is 5.33. The number of amides is 1. The Balaban J connectivity index is 1.31. The number of nitrogens with zero attached hydrogens (tertiary/aromatic N) is 3. The van der Waals surface area contributed by atoms with Gasteiger partial charge in [-0.2, -0.15) is 4.98 Å². The van der Waals surface area contributed by atoms with E-state index in [9.17, 15) is 18.3 Å². The molecule has 0 radical (unpaired) electrons. The molecule has 14 heteroatoms. The van der Waals surface area contributed by atoms with Crippen molar-refractivity contribution in [1.82, 2.24) is 24.9 Å². The van der Waals surface area contributed by atoms with Gasteiger partial charge in [0.2, 0.25) is 21.9 Å². The van der Waals surface area contributed by atoms with Crippen molar-refractivity contribution in [2.75, 3.05) is 63.1 Å². The lowest BCUT2D eigenvalue weighted by atomic mass is 9.93. The second kappa shape index (κ2) is 17.5. The Morgan fingerprint density at radius 2 is 1.80 bits per heavy atom. The summed E-state index contributed by atoms with van der Waals surface area (Å²) in [5.74, 6) is 0.812. The van der Waals surface area contributed by atoms with Gasteiger partial charge in [-0.05, 0) is 57.2 Å². The van der Waals surface area contributed by atoms with Crippen LogP contribution in [0.4, 0.5) is 11.8 Å². The van der Waals surface area contributed by atoms with Gasteiger partial charge in [-0.25, -0.2) is 18.1 Å². The van der Waals surface area contributed by atoms with Gasteiger partial charge in [0, 0.05) is 56.9 Å². The summed E-state index contributed by atoms with van der Waals surface area (Å²) in [6.07, 6.45) is 7.24. The highest BCUT2D eigenvalue weighted by Gasteiger charge is 2.23. The van der Waals surface area contributed by atoms with Crippen LogP contribution in [0, 0.1) is 5.41 Å². The van der Waals surface area contributed by atoms with Crippen molar-refractivity contribution in [2.45, 2.75) is 75.3 Å². The van der Waals surface area contributed by atoms with E-state index in [0.29, 0.717) is 42.3 Å². The zero-order valence-corrected chi connectivity index (χ0v) is 27.0. The van der Waals surface area contributed by atoms with E-state index in [-0.39, 0.29) is 41.6 Å². The minimum absolute atomic E-state index is 0.0155. The van der Waals surface area contributed by atoms with Crippen LogP contribution in [0.5, 0.6) is 0 Å². The molecule has 13 nitrogen and oxygen atoms in total. The number of morpholine rings is 1. The number of unbranched alkanes of at least 4 members (excludes halogenated alkanes) is 1. The van der Waals surface area contributed by atoms with E-state index in [0.717, 1.165) is 71.5 Å². The molecule has 2 aromatic rings. The number of nitrogens with one attached hydrogen (secondary N) is 5. The minimum Gasteiger partial charge on any atom is -0.393 e. The Morgan fingerprint density at radius 1 is 1.07 bits per heavy atom. The third-order valence-electron chi connectivity index (χ3n) is 8.08. The number of aliphatic hydroxyl groups excluding tert-OH is 1. The lowest BCUT2D eigenvalue weighted by molar-refractivity contribution is -0.120. The average Bonchev–Trinajstić information content (AvgIpc) is 3.05. The largest absolute Gasteiger partial charge is 0.393 e. The SMILES string of the molecule is CCCCNc1ncc(C(=N)c2ccc(S(=O)(=O)NCCC(=O)NCCCN3CCOCC3)cc2)c(NC2CCC(O)CC2)n1. The Bertz CT molecular complexity index is 1340. The first-order valence-electron chi connectivity index (χ1n) is 16.1. The number of sulfonamides is 1. The molecule has 1 aromatic heterocycles. The van der Waals surface area contributed by atoms with Gasteiger partial charge in [0.25, 0.3) is 0 Å². The maximum atomic E-state index is 12.9. The summed E-state index contributed by atoms with van der Waals surface area (Å²) in [5.41, 5.74) is 1.19. The van der Waals surface area contributed by atoms with Gasteiger partial charge in [0.1, 0.15) is 5.82 Å². The van der Waals surface area contributed by atoms with E-state index in [2.05, 4.69) is 42.5 Å². The molecule has 2 heterocycles. The summed E-state index contributed by atoms with van der Waals surface area (Å²) in [6, 6.07) is 6.21. The topological polar surface area (TPSA) is 182 Å². The number of benzene rings is 1. The van der Waals surface area contributed by atoms with Crippen LogP contribution >= 0.6 is 0 Å². The van der Waals surface area contributed by atoms with Crippen molar-refractivity contribution < 1.29 is 23.1 Å². The van der Waals surface area contributed by atoms with Gasteiger partial charge in [-0.3, -0.25) is 15.1 Å².